The van der Waals surface area contributed by atoms with Crippen molar-refractivity contribution in [2.24, 2.45) is 0 Å². The fraction of sp³-hybridized carbons (Fsp3) is 0. The molecule has 3 rings (SSSR count). The molecule has 0 aliphatic heterocycles. The van der Waals surface area contributed by atoms with Gasteiger partial charge in [0.15, 0.2) is 0 Å². The van der Waals surface area contributed by atoms with E-state index >= 15 is 0 Å². The third kappa shape index (κ3) is 3.21. The first-order chi connectivity index (χ1) is 11.1. The van der Waals surface area contributed by atoms with E-state index in [1.54, 1.807) is 12.1 Å². The summed E-state index contributed by atoms with van der Waals surface area (Å²) in [7, 11) is 0. The minimum absolute atomic E-state index is 0.220. The predicted octanol–water partition coefficient (Wildman–Crippen LogP) is 5.29. The van der Waals surface area contributed by atoms with E-state index < -0.39 is 0 Å². The Morgan fingerprint density at radius 2 is 1.61 bits per heavy atom. The van der Waals surface area contributed by atoms with E-state index in [1.165, 1.54) is 0 Å². The summed E-state index contributed by atoms with van der Waals surface area (Å²) >= 11 is 9.34. The van der Waals surface area contributed by atoms with Crippen LogP contribution in [0.4, 0.5) is 5.82 Å². The molecule has 0 saturated heterocycles. The molecule has 0 saturated carbocycles. The van der Waals surface area contributed by atoms with Gasteiger partial charge >= 0.3 is 0 Å². The molecule has 1 heterocycles. The highest BCUT2D eigenvalue weighted by atomic mass is 79.9. The predicted molar refractivity (Wildman–Crippen MR) is 96.9 cm³/mol. The van der Waals surface area contributed by atoms with Crippen molar-refractivity contribution >= 4 is 33.3 Å². The van der Waals surface area contributed by atoms with Gasteiger partial charge in [0.05, 0.1) is 5.69 Å². The summed E-state index contributed by atoms with van der Waals surface area (Å²) in [6.45, 7) is 0. The summed E-state index contributed by atoms with van der Waals surface area (Å²) in [6, 6.07) is 19.1. The molecule has 0 bridgehead atoms. The lowest BCUT2D eigenvalue weighted by Crippen LogP contribution is -1.99. The van der Waals surface area contributed by atoms with Crippen LogP contribution in [0.25, 0.3) is 22.4 Å². The van der Waals surface area contributed by atoms with Gasteiger partial charge in [-0.25, -0.2) is 4.98 Å². The van der Waals surface area contributed by atoms with Gasteiger partial charge in [-0.05, 0) is 35.9 Å². The average Bonchev–Trinajstić information content (AvgIpc) is 2.55. The second-order valence-corrected chi connectivity index (χ2v) is 6.29. The van der Waals surface area contributed by atoms with Gasteiger partial charge in [-0.3, -0.25) is 0 Å². The number of nitrogen functional groups attached to an aromatic ring is 1. The molecular formula is C18H11BrClN3. The van der Waals surface area contributed by atoms with E-state index in [0.29, 0.717) is 16.3 Å². The van der Waals surface area contributed by atoms with Crippen LogP contribution in [0.3, 0.4) is 0 Å². The molecule has 1 aromatic heterocycles. The number of pyridine rings is 1. The number of benzene rings is 2. The van der Waals surface area contributed by atoms with Crippen molar-refractivity contribution in [1.82, 2.24) is 4.98 Å². The van der Waals surface area contributed by atoms with Gasteiger partial charge in [0, 0.05) is 20.6 Å². The maximum absolute atomic E-state index is 9.42. The normalized spacial score (nSPS) is 10.3. The first-order valence-electron chi connectivity index (χ1n) is 6.81. The summed E-state index contributed by atoms with van der Waals surface area (Å²) < 4.78 is 0.972. The zero-order valence-corrected chi connectivity index (χ0v) is 14.3. The second-order valence-electron chi connectivity index (χ2n) is 4.94. The molecule has 3 aromatic rings. The van der Waals surface area contributed by atoms with Crippen LogP contribution in [0.1, 0.15) is 5.56 Å². The Kier molecular flexibility index (Phi) is 4.33. The first kappa shape index (κ1) is 15.5. The number of anilines is 1. The Morgan fingerprint density at radius 3 is 2.22 bits per heavy atom. The number of nitrogens with two attached hydrogens (primary N) is 1. The van der Waals surface area contributed by atoms with Crippen molar-refractivity contribution in [3.63, 3.8) is 0 Å². The minimum Gasteiger partial charge on any atom is -0.383 e. The van der Waals surface area contributed by atoms with Crippen LogP contribution in [0.5, 0.6) is 0 Å². The monoisotopic (exact) mass is 383 g/mol. The lowest BCUT2D eigenvalue weighted by Gasteiger charge is -2.10. The van der Waals surface area contributed by atoms with Crippen molar-refractivity contribution in [2.45, 2.75) is 0 Å². The van der Waals surface area contributed by atoms with Crippen LogP contribution in [-0.2, 0) is 0 Å². The third-order valence-electron chi connectivity index (χ3n) is 3.45. The Bertz CT molecular complexity index is 897. The van der Waals surface area contributed by atoms with Gasteiger partial charge in [0.2, 0.25) is 0 Å². The Labute approximate surface area is 147 Å². The van der Waals surface area contributed by atoms with E-state index in [4.69, 9.17) is 17.3 Å². The number of hydrogen-bond acceptors (Lipinski definition) is 3. The van der Waals surface area contributed by atoms with Crippen LogP contribution in [0, 0.1) is 11.3 Å². The van der Waals surface area contributed by atoms with Gasteiger partial charge in [0.1, 0.15) is 17.5 Å². The van der Waals surface area contributed by atoms with E-state index in [1.807, 2.05) is 42.5 Å². The van der Waals surface area contributed by atoms with Gasteiger partial charge < -0.3 is 5.73 Å². The highest BCUT2D eigenvalue weighted by Crippen LogP contribution is 2.32. The lowest BCUT2D eigenvalue weighted by molar-refractivity contribution is 1.31. The molecule has 0 aliphatic carbocycles. The molecular weight excluding hydrogens is 374 g/mol. The summed E-state index contributed by atoms with van der Waals surface area (Å²) in [5.74, 6) is 0.220. The fourth-order valence-corrected chi connectivity index (χ4v) is 2.70. The summed E-state index contributed by atoms with van der Waals surface area (Å²) in [5.41, 5.74) is 9.65. The van der Waals surface area contributed by atoms with E-state index in [9.17, 15) is 5.26 Å². The summed E-state index contributed by atoms with van der Waals surface area (Å²) in [5, 5.41) is 10.1. The maximum atomic E-state index is 9.42. The molecule has 0 spiro atoms. The summed E-state index contributed by atoms with van der Waals surface area (Å²) in [4.78, 5) is 4.35. The van der Waals surface area contributed by atoms with Crippen LogP contribution in [0.2, 0.25) is 5.02 Å². The standard InChI is InChI=1S/C18H11BrClN3/c19-13-5-1-11(2-6-13)15-9-17(23-18(22)16(15)10-21)12-3-7-14(20)8-4-12/h1-9H,(H2,22,23). The number of nitriles is 1. The van der Waals surface area contributed by atoms with Crippen LogP contribution < -0.4 is 5.73 Å². The average molecular weight is 385 g/mol. The molecule has 0 unspecified atom stereocenters. The topological polar surface area (TPSA) is 62.7 Å². The van der Waals surface area contributed by atoms with Gasteiger partial charge in [-0.1, -0.05) is 51.8 Å². The van der Waals surface area contributed by atoms with Gasteiger partial charge in [0.25, 0.3) is 0 Å². The van der Waals surface area contributed by atoms with Crippen LogP contribution in [0.15, 0.2) is 59.1 Å². The molecule has 2 aromatic carbocycles. The number of rotatable bonds is 2. The highest BCUT2D eigenvalue weighted by molar-refractivity contribution is 9.10. The Hall–Kier alpha value is -2.35. The molecule has 0 radical (unpaired) electrons. The van der Waals surface area contributed by atoms with E-state index in [0.717, 1.165) is 21.2 Å². The Balaban J connectivity index is 2.20. The van der Waals surface area contributed by atoms with Crippen molar-refractivity contribution in [2.75, 3.05) is 5.73 Å². The molecule has 0 fully saturated rings. The van der Waals surface area contributed by atoms with E-state index in [2.05, 4.69) is 27.0 Å². The molecule has 112 valence electrons. The molecule has 0 amide bonds. The van der Waals surface area contributed by atoms with Crippen LogP contribution >= 0.6 is 27.5 Å². The minimum atomic E-state index is 0.220. The lowest BCUT2D eigenvalue weighted by atomic mass is 9.98. The molecule has 3 nitrogen and oxygen atoms in total. The molecule has 5 heteroatoms. The Morgan fingerprint density at radius 1 is 1.00 bits per heavy atom. The molecule has 0 atom stereocenters. The third-order valence-corrected chi connectivity index (χ3v) is 4.24. The van der Waals surface area contributed by atoms with Crippen molar-refractivity contribution < 1.29 is 0 Å². The smallest absolute Gasteiger partial charge is 0.142 e. The quantitative estimate of drug-likeness (QED) is 0.653. The van der Waals surface area contributed by atoms with Crippen molar-refractivity contribution in [3.05, 3.63) is 69.7 Å². The second kappa shape index (κ2) is 6.41. The molecule has 2 N–H and O–H groups in total. The number of nitrogens with zero attached hydrogens (tertiary/aromatic N) is 2. The zero-order valence-electron chi connectivity index (χ0n) is 11.9. The number of hydrogen-bond donors (Lipinski definition) is 1. The van der Waals surface area contributed by atoms with Crippen LogP contribution in [-0.4, -0.2) is 4.98 Å². The zero-order chi connectivity index (χ0) is 16.4. The number of aromatic nitrogens is 1. The van der Waals surface area contributed by atoms with Crippen molar-refractivity contribution in [3.8, 4) is 28.5 Å². The first-order valence-corrected chi connectivity index (χ1v) is 7.98. The SMILES string of the molecule is N#Cc1c(-c2ccc(Br)cc2)cc(-c2ccc(Cl)cc2)nc1N. The fourth-order valence-electron chi connectivity index (χ4n) is 2.31. The van der Waals surface area contributed by atoms with Gasteiger partial charge in [-0.2, -0.15) is 5.26 Å². The van der Waals surface area contributed by atoms with Crippen molar-refractivity contribution in [1.29, 1.82) is 5.26 Å². The number of halogens is 2. The molecule has 23 heavy (non-hydrogen) atoms. The summed E-state index contributed by atoms with van der Waals surface area (Å²) in [6.07, 6.45) is 0. The maximum Gasteiger partial charge on any atom is 0.142 e. The van der Waals surface area contributed by atoms with E-state index in [-0.39, 0.29) is 5.82 Å². The van der Waals surface area contributed by atoms with Gasteiger partial charge in [-0.15, -0.1) is 0 Å². The highest BCUT2D eigenvalue weighted by Gasteiger charge is 2.13. The largest absolute Gasteiger partial charge is 0.383 e. The molecule has 0 aliphatic rings.